The van der Waals surface area contributed by atoms with Gasteiger partial charge in [0.2, 0.25) is 0 Å². The maximum absolute atomic E-state index is 13.2. The quantitative estimate of drug-likeness (QED) is 0.673. The van der Waals surface area contributed by atoms with Crippen LogP contribution in [0.4, 0.5) is 15.8 Å². The molecule has 30 heavy (non-hydrogen) atoms. The number of hydrogen-bond donors (Lipinski definition) is 1. The highest BCUT2D eigenvalue weighted by Gasteiger charge is 2.23. The predicted molar refractivity (Wildman–Crippen MR) is 118 cm³/mol. The summed E-state index contributed by atoms with van der Waals surface area (Å²) >= 11 is 1.36. The fraction of sp³-hybridized carbons (Fsp3) is 0.217. The molecule has 3 aromatic rings. The van der Waals surface area contributed by atoms with E-state index < -0.39 is 0 Å². The molecule has 0 spiro atoms. The lowest BCUT2D eigenvalue weighted by atomic mass is 10.1. The predicted octanol–water partition coefficient (Wildman–Crippen LogP) is 4.49. The highest BCUT2D eigenvalue weighted by Crippen LogP contribution is 2.22. The molecule has 2 amide bonds. The van der Waals surface area contributed by atoms with Gasteiger partial charge < -0.3 is 15.1 Å². The van der Waals surface area contributed by atoms with Crippen molar-refractivity contribution >= 4 is 34.5 Å². The van der Waals surface area contributed by atoms with Gasteiger partial charge in [-0.1, -0.05) is 18.2 Å². The van der Waals surface area contributed by atoms with Crippen molar-refractivity contribution in [3.05, 3.63) is 82.3 Å². The number of para-hydroxylation sites is 1. The molecule has 1 aromatic heterocycles. The Morgan fingerprint density at radius 3 is 2.47 bits per heavy atom. The van der Waals surface area contributed by atoms with Crippen LogP contribution in [0.5, 0.6) is 0 Å². The molecule has 5 nitrogen and oxygen atoms in total. The van der Waals surface area contributed by atoms with Crippen LogP contribution < -0.4 is 10.2 Å². The van der Waals surface area contributed by atoms with Gasteiger partial charge in [-0.25, -0.2) is 4.39 Å². The van der Waals surface area contributed by atoms with Crippen LogP contribution in [0.3, 0.4) is 0 Å². The minimum Gasteiger partial charge on any atom is -0.370 e. The summed E-state index contributed by atoms with van der Waals surface area (Å²) in [5.74, 6) is -0.576. The Morgan fingerprint density at radius 2 is 1.70 bits per heavy atom. The molecule has 2 heterocycles. The lowest BCUT2D eigenvalue weighted by Gasteiger charge is -2.24. The fourth-order valence-corrected chi connectivity index (χ4v) is 4.19. The third kappa shape index (κ3) is 4.52. The van der Waals surface area contributed by atoms with Crippen molar-refractivity contribution < 1.29 is 14.0 Å². The fourth-order valence-electron chi connectivity index (χ4n) is 3.57. The number of thiophene rings is 1. The van der Waals surface area contributed by atoms with E-state index in [9.17, 15) is 14.0 Å². The minimum atomic E-state index is -0.258. The molecule has 0 bridgehead atoms. The molecule has 7 heteroatoms. The number of amides is 2. The van der Waals surface area contributed by atoms with Gasteiger partial charge in [-0.3, -0.25) is 9.59 Å². The van der Waals surface area contributed by atoms with E-state index in [1.807, 2.05) is 16.3 Å². The molecule has 1 fully saturated rings. The second-order valence-electron chi connectivity index (χ2n) is 7.09. The molecular weight excluding hydrogens is 401 g/mol. The number of nitrogens with zero attached hydrogens (tertiary/aromatic N) is 2. The summed E-state index contributed by atoms with van der Waals surface area (Å²) in [4.78, 5) is 30.3. The molecule has 2 aromatic carbocycles. The van der Waals surface area contributed by atoms with Gasteiger partial charge in [0.25, 0.3) is 11.8 Å². The topological polar surface area (TPSA) is 52.7 Å². The number of benzene rings is 2. The number of carbonyl (C=O) groups excluding carboxylic acids is 2. The molecular formula is C23H22FN3O2S. The van der Waals surface area contributed by atoms with Crippen LogP contribution in [0, 0.1) is 5.82 Å². The third-order valence-electron chi connectivity index (χ3n) is 5.13. The van der Waals surface area contributed by atoms with Crippen LogP contribution in [0.1, 0.15) is 26.5 Å². The van der Waals surface area contributed by atoms with E-state index in [4.69, 9.17) is 0 Å². The normalized spacial score (nSPS) is 14.3. The summed E-state index contributed by atoms with van der Waals surface area (Å²) in [7, 11) is 0. The van der Waals surface area contributed by atoms with Crippen molar-refractivity contribution in [1.29, 1.82) is 0 Å². The first kappa shape index (κ1) is 20.1. The van der Waals surface area contributed by atoms with E-state index in [1.54, 1.807) is 42.5 Å². The van der Waals surface area contributed by atoms with Gasteiger partial charge in [-0.15, -0.1) is 11.3 Å². The van der Waals surface area contributed by atoms with Crippen molar-refractivity contribution in [3.63, 3.8) is 0 Å². The highest BCUT2D eigenvalue weighted by molar-refractivity contribution is 7.12. The van der Waals surface area contributed by atoms with Crippen LogP contribution >= 0.6 is 11.3 Å². The summed E-state index contributed by atoms with van der Waals surface area (Å²) in [6.07, 6.45) is 0.812. The van der Waals surface area contributed by atoms with Crippen LogP contribution in [0.15, 0.2) is 66.0 Å². The first-order chi connectivity index (χ1) is 14.6. The zero-order valence-electron chi connectivity index (χ0n) is 16.4. The van der Waals surface area contributed by atoms with Crippen LogP contribution in [0.2, 0.25) is 0 Å². The Hall–Kier alpha value is -3.19. The molecule has 1 N–H and O–H groups in total. The summed E-state index contributed by atoms with van der Waals surface area (Å²) in [5, 5.41) is 4.71. The monoisotopic (exact) mass is 423 g/mol. The molecule has 4 rings (SSSR count). The molecule has 0 radical (unpaired) electrons. The second-order valence-corrected chi connectivity index (χ2v) is 8.03. The van der Waals surface area contributed by atoms with Crippen molar-refractivity contribution in [2.75, 3.05) is 36.4 Å². The zero-order chi connectivity index (χ0) is 20.9. The molecule has 0 atom stereocenters. The second kappa shape index (κ2) is 9.09. The van der Waals surface area contributed by atoms with Gasteiger partial charge in [0.05, 0.1) is 16.1 Å². The van der Waals surface area contributed by atoms with Gasteiger partial charge in [0.15, 0.2) is 0 Å². The minimum absolute atomic E-state index is 0.0990. The number of nitrogens with one attached hydrogen (secondary N) is 1. The summed E-state index contributed by atoms with van der Waals surface area (Å²) in [5.41, 5.74) is 1.95. The van der Waals surface area contributed by atoms with Gasteiger partial charge in [-0.05, 0) is 54.3 Å². The molecule has 154 valence electrons. The number of anilines is 2. The van der Waals surface area contributed by atoms with E-state index in [0.717, 1.165) is 18.7 Å². The number of rotatable bonds is 4. The summed E-state index contributed by atoms with van der Waals surface area (Å²) < 4.78 is 13.2. The first-order valence-corrected chi connectivity index (χ1v) is 10.7. The SMILES string of the molecule is O=C(Nc1ccccc1C(=O)N1CCCN(c2ccc(F)cc2)CC1)c1cccs1. The third-order valence-corrected chi connectivity index (χ3v) is 5.99. The molecule has 1 aliphatic rings. The molecule has 0 aliphatic carbocycles. The Balaban J connectivity index is 1.47. The lowest BCUT2D eigenvalue weighted by molar-refractivity contribution is 0.0768. The smallest absolute Gasteiger partial charge is 0.265 e. The van der Waals surface area contributed by atoms with Crippen molar-refractivity contribution in [1.82, 2.24) is 4.90 Å². The maximum atomic E-state index is 13.2. The Bertz CT molecular complexity index is 1020. The van der Waals surface area contributed by atoms with Crippen LogP contribution in [-0.2, 0) is 0 Å². The zero-order valence-corrected chi connectivity index (χ0v) is 17.2. The van der Waals surface area contributed by atoms with E-state index in [0.29, 0.717) is 35.8 Å². The Kier molecular flexibility index (Phi) is 6.09. The van der Waals surface area contributed by atoms with Gasteiger partial charge in [0, 0.05) is 31.9 Å². The van der Waals surface area contributed by atoms with E-state index >= 15 is 0 Å². The van der Waals surface area contributed by atoms with Gasteiger partial charge in [-0.2, -0.15) is 0 Å². The standard InChI is InChI=1S/C23H22FN3O2S/c24-17-8-10-18(11-9-17)26-12-4-13-27(15-14-26)23(29)19-5-1-2-6-20(19)25-22(28)21-7-3-16-30-21/h1-3,5-11,16H,4,12-15H2,(H,25,28). The summed E-state index contributed by atoms with van der Waals surface area (Å²) in [6.45, 7) is 2.65. The molecule has 0 unspecified atom stereocenters. The van der Waals surface area contributed by atoms with Crippen LogP contribution in [-0.4, -0.2) is 42.9 Å². The number of halogens is 1. The van der Waals surface area contributed by atoms with E-state index in [2.05, 4.69) is 10.2 Å². The number of carbonyl (C=O) groups is 2. The Labute approximate surface area is 178 Å². The van der Waals surface area contributed by atoms with Crippen molar-refractivity contribution in [3.8, 4) is 0 Å². The van der Waals surface area contributed by atoms with E-state index in [1.165, 1.54) is 23.5 Å². The largest absolute Gasteiger partial charge is 0.370 e. The number of hydrogen-bond acceptors (Lipinski definition) is 4. The first-order valence-electron chi connectivity index (χ1n) is 9.85. The van der Waals surface area contributed by atoms with E-state index in [-0.39, 0.29) is 17.6 Å². The lowest BCUT2D eigenvalue weighted by Crippen LogP contribution is -2.35. The van der Waals surface area contributed by atoms with Gasteiger partial charge >= 0.3 is 0 Å². The van der Waals surface area contributed by atoms with Crippen LogP contribution in [0.25, 0.3) is 0 Å². The molecule has 1 aliphatic heterocycles. The average molecular weight is 424 g/mol. The molecule has 1 saturated heterocycles. The average Bonchev–Trinajstić information content (AvgIpc) is 3.20. The summed E-state index contributed by atoms with van der Waals surface area (Å²) in [6, 6.07) is 17.1. The van der Waals surface area contributed by atoms with Crippen molar-refractivity contribution in [2.45, 2.75) is 6.42 Å². The molecule has 0 saturated carbocycles. The highest BCUT2D eigenvalue weighted by atomic mass is 32.1. The van der Waals surface area contributed by atoms with Crippen molar-refractivity contribution in [2.24, 2.45) is 0 Å². The Morgan fingerprint density at radius 1 is 0.900 bits per heavy atom. The maximum Gasteiger partial charge on any atom is 0.265 e. The van der Waals surface area contributed by atoms with Gasteiger partial charge in [0.1, 0.15) is 5.82 Å².